The molecule has 1 saturated carbocycles. The number of rotatable bonds is 5. The zero-order valence-corrected chi connectivity index (χ0v) is 17.3. The van der Waals surface area contributed by atoms with Gasteiger partial charge in [-0.3, -0.25) is 19.5 Å². The number of hydrogen-bond donors (Lipinski definition) is 3. The van der Waals surface area contributed by atoms with Crippen LogP contribution in [0.1, 0.15) is 57.8 Å². The average molecular weight is 405 g/mol. The standard InChI is InChI=1S/C19H27N5O5/c1-10(2)9-23-13-8-12(21-18(28)29-19(3,4)5)22-24(13)17(27)14(16(23)26)15(25)20-11-6-7-11/h8,10-11,26H,6-7,9H2,1-5H3,(H,20,25)(H,21,22,28). The first kappa shape index (κ1) is 20.7. The van der Waals surface area contributed by atoms with Gasteiger partial charge in [-0.05, 0) is 39.5 Å². The summed E-state index contributed by atoms with van der Waals surface area (Å²) in [6.07, 6.45) is 0.973. The van der Waals surface area contributed by atoms with Gasteiger partial charge < -0.3 is 15.2 Å². The second kappa shape index (κ2) is 7.41. The molecule has 2 amide bonds. The Morgan fingerprint density at radius 3 is 2.55 bits per heavy atom. The zero-order valence-electron chi connectivity index (χ0n) is 17.3. The van der Waals surface area contributed by atoms with Crippen LogP contribution >= 0.6 is 0 Å². The fraction of sp³-hybridized carbons (Fsp3) is 0.579. The number of aromatic hydroxyl groups is 1. The molecule has 10 heteroatoms. The number of ether oxygens (including phenoxy) is 1. The molecule has 1 aliphatic carbocycles. The molecule has 0 bridgehead atoms. The van der Waals surface area contributed by atoms with Crippen LogP contribution in [0, 0.1) is 5.92 Å². The van der Waals surface area contributed by atoms with Gasteiger partial charge in [-0.2, -0.15) is 4.52 Å². The number of nitrogens with zero attached hydrogens (tertiary/aromatic N) is 3. The number of fused-ring (bicyclic) bond motifs is 1. The maximum atomic E-state index is 12.9. The lowest BCUT2D eigenvalue weighted by Gasteiger charge is -2.18. The Morgan fingerprint density at radius 1 is 1.34 bits per heavy atom. The van der Waals surface area contributed by atoms with Gasteiger partial charge in [0.2, 0.25) is 5.88 Å². The first-order valence-electron chi connectivity index (χ1n) is 9.62. The predicted molar refractivity (Wildman–Crippen MR) is 106 cm³/mol. The molecule has 2 heterocycles. The summed E-state index contributed by atoms with van der Waals surface area (Å²) in [7, 11) is 0. The molecule has 3 rings (SSSR count). The van der Waals surface area contributed by atoms with Crippen molar-refractivity contribution in [2.75, 3.05) is 5.32 Å². The van der Waals surface area contributed by atoms with E-state index in [1.807, 2.05) is 13.8 Å². The molecule has 1 fully saturated rings. The van der Waals surface area contributed by atoms with Gasteiger partial charge in [-0.1, -0.05) is 13.8 Å². The molecule has 0 saturated heterocycles. The topological polar surface area (TPSA) is 127 Å². The van der Waals surface area contributed by atoms with Crippen LogP contribution in [0.3, 0.4) is 0 Å². The monoisotopic (exact) mass is 405 g/mol. The Kier molecular flexibility index (Phi) is 5.29. The highest BCUT2D eigenvalue weighted by atomic mass is 16.6. The molecule has 158 valence electrons. The SMILES string of the molecule is CC(C)Cn1c(O)c(C(=O)NC2CC2)c(=O)n2nc(NC(=O)OC(C)(C)C)cc12. The Morgan fingerprint density at radius 2 is 2.00 bits per heavy atom. The van der Waals surface area contributed by atoms with Crippen LogP contribution in [0.2, 0.25) is 0 Å². The van der Waals surface area contributed by atoms with E-state index in [0.29, 0.717) is 6.54 Å². The largest absolute Gasteiger partial charge is 0.494 e. The first-order valence-corrected chi connectivity index (χ1v) is 9.62. The summed E-state index contributed by atoms with van der Waals surface area (Å²) in [5, 5.41) is 20.0. The minimum atomic E-state index is -0.757. The molecule has 3 N–H and O–H groups in total. The molecule has 0 spiro atoms. The van der Waals surface area contributed by atoms with Crippen LogP contribution in [0.25, 0.3) is 5.65 Å². The van der Waals surface area contributed by atoms with E-state index in [2.05, 4.69) is 15.7 Å². The molecule has 1 aliphatic rings. The van der Waals surface area contributed by atoms with Crippen LogP contribution in [0.15, 0.2) is 10.9 Å². The molecule has 0 aromatic carbocycles. The van der Waals surface area contributed by atoms with E-state index in [4.69, 9.17) is 4.74 Å². The zero-order chi connectivity index (χ0) is 21.5. The van der Waals surface area contributed by atoms with Gasteiger partial charge in [0.15, 0.2) is 11.4 Å². The van der Waals surface area contributed by atoms with Crippen molar-refractivity contribution in [1.29, 1.82) is 0 Å². The molecule has 0 atom stereocenters. The van der Waals surface area contributed by atoms with Gasteiger partial charge in [0.1, 0.15) is 11.2 Å². The van der Waals surface area contributed by atoms with Crippen molar-refractivity contribution in [3.8, 4) is 5.88 Å². The normalized spacial score (nSPS) is 14.3. The fourth-order valence-electron chi connectivity index (χ4n) is 2.86. The molecule has 2 aromatic heterocycles. The van der Waals surface area contributed by atoms with Gasteiger partial charge in [0, 0.05) is 18.7 Å². The average Bonchev–Trinajstić information content (AvgIpc) is 3.26. The lowest BCUT2D eigenvalue weighted by molar-refractivity contribution is 0.0635. The molecule has 0 radical (unpaired) electrons. The molecule has 29 heavy (non-hydrogen) atoms. The number of carbonyl (C=O) groups excluding carboxylic acids is 2. The minimum Gasteiger partial charge on any atom is -0.494 e. The van der Waals surface area contributed by atoms with Gasteiger partial charge in [0.25, 0.3) is 11.5 Å². The van der Waals surface area contributed by atoms with Gasteiger partial charge in [-0.15, -0.1) is 5.10 Å². The Labute approximate surface area is 167 Å². The van der Waals surface area contributed by atoms with E-state index < -0.39 is 29.0 Å². The van der Waals surface area contributed by atoms with Crippen molar-refractivity contribution >= 4 is 23.5 Å². The molecule has 2 aromatic rings. The molecular formula is C19H27N5O5. The van der Waals surface area contributed by atoms with Gasteiger partial charge in [0.05, 0.1) is 0 Å². The van der Waals surface area contributed by atoms with Crippen LogP contribution in [0.4, 0.5) is 10.6 Å². The minimum absolute atomic E-state index is 0.0255. The third kappa shape index (κ3) is 4.69. The van der Waals surface area contributed by atoms with Crippen LogP contribution in [-0.4, -0.2) is 42.9 Å². The summed E-state index contributed by atoms with van der Waals surface area (Å²) in [6, 6.07) is 1.48. The van der Waals surface area contributed by atoms with Crippen LogP contribution < -0.4 is 16.2 Å². The Bertz CT molecular complexity index is 1010. The van der Waals surface area contributed by atoms with E-state index in [0.717, 1.165) is 17.4 Å². The summed E-state index contributed by atoms with van der Waals surface area (Å²) in [6.45, 7) is 9.40. The Hall–Kier alpha value is -3.04. The summed E-state index contributed by atoms with van der Waals surface area (Å²) < 4.78 is 7.66. The molecule has 10 nitrogen and oxygen atoms in total. The lowest BCUT2D eigenvalue weighted by atomic mass is 10.2. The summed E-state index contributed by atoms with van der Waals surface area (Å²) in [5.41, 5.74) is -1.56. The first-order chi connectivity index (χ1) is 13.5. The number of carbonyl (C=O) groups is 2. The number of nitrogens with one attached hydrogen (secondary N) is 2. The maximum Gasteiger partial charge on any atom is 0.413 e. The van der Waals surface area contributed by atoms with E-state index in [1.54, 1.807) is 20.8 Å². The molecule has 0 aliphatic heterocycles. The number of hydrogen-bond acceptors (Lipinski definition) is 6. The third-order valence-electron chi connectivity index (χ3n) is 4.17. The van der Waals surface area contributed by atoms with E-state index in [-0.39, 0.29) is 29.0 Å². The summed E-state index contributed by atoms with van der Waals surface area (Å²) >= 11 is 0. The number of aromatic nitrogens is 3. The summed E-state index contributed by atoms with van der Waals surface area (Å²) in [4.78, 5) is 37.5. The van der Waals surface area contributed by atoms with Crippen LogP contribution in [0.5, 0.6) is 5.88 Å². The van der Waals surface area contributed by atoms with Crippen molar-refractivity contribution in [3.05, 3.63) is 22.0 Å². The number of amides is 2. The predicted octanol–water partition coefficient (Wildman–Crippen LogP) is 2.10. The maximum absolute atomic E-state index is 12.9. The quantitative estimate of drug-likeness (QED) is 0.699. The van der Waals surface area contributed by atoms with E-state index >= 15 is 0 Å². The van der Waals surface area contributed by atoms with Gasteiger partial charge >= 0.3 is 6.09 Å². The van der Waals surface area contributed by atoms with Gasteiger partial charge in [-0.25, -0.2) is 4.79 Å². The van der Waals surface area contributed by atoms with Crippen molar-refractivity contribution in [3.63, 3.8) is 0 Å². The second-order valence-electron chi connectivity index (χ2n) is 8.68. The fourth-order valence-corrected chi connectivity index (χ4v) is 2.86. The van der Waals surface area contributed by atoms with Crippen molar-refractivity contribution in [1.82, 2.24) is 19.5 Å². The molecular weight excluding hydrogens is 378 g/mol. The lowest BCUT2D eigenvalue weighted by Crippen LogP contribution is -2.34. The van der Waals surface area contributed by atoms with Crippen molar-refractivity contribution < 1.29 is 19.4 Å². The highest BCUT2D eigenvalue weighted by molar-refractivity contribution is 5.96. The summed E-state index contributed by atoms with van der Waals surface area (Å²) in [5.74, 6) is -0.860. The Balaban J connectivity index is 2.06. The highest BCUT2D eigenvalue weighted by Gasteiger charge is 2.29. The smallest absolute Gasteiger partial charge is 0.413 e. The third-order valence-corrected chi connectivity index (χ3v) is 4.17. The highest BCUT2D eigenvalue weighted by Crippen LogP contribution is 2.24. The van der Waals surface area contributed by atoms with E-state index in [1.165, 1.54) is 10.6 Å². The van der Waals surface area contributed by atoms with Crippen molar-refractivity contribution in [2.24, 2.45) is 5.92 Å². The second-order valence-corrected chi connectivity index (χ2v) is 8.68. The number of anilines is 1. The molecule has 0 unspecified atom stereocenters. The van der Waals surface area contributed by atoms with E-state index in [9.17, 15) is 19.5 Å². The van der Waals surface area contributed by atoms with Crippen LogP contribution in [-0.2, 0) is 11.3 Å². The van der Waals surface area contributed by atoms with Crippen molar-refractivity contribution in [2.45, 2.75) is 65.6 Å².